The fourth-order valence-electron chi connectivity index (χ4n) is 2.65. The number of carbonyl (C=O) groups is 1. The van der Waals surface area contributed by atoms with Crippen molar-refractivity contribution < 1.29 is 9.18 Å². The first kappa shape index (κ1) is 17.9. The van der Waals surface area contributed by atoms with E-state index in [1.54, 1.807) is 12.1 Å². The zero-order valence-electron chi connectivity index (χ0n) is 12.6. The van der Waals surface area contributed by atoms with E-state index < -0.39 is 5.41 Å². The van der Waals surface area contributed by atoms with Crippen molar-refractivity contribution in [2.45, 2.75) is 44.6 Å². The summed E-state index contributed by atoms with van der Waals surface area (Å²) < 4.78 is 13.8. The SMILES string of the molecule is CC(C)(CNC(=O)CC1CCCN1)c1ccccc1F.Cl. The van der Waals surface area contributed by atoms with E-state index >= 15 is 0 Å². The Morgan fingerprint density at radius 3 is 2.76 bits per heavy atom. The topological polar surface area (TPSA) is 41.1 Å². The first-order valence-corrected chi connectivity index (χ1v) is 7.24. The zero-order chi connectivity index (χ0) is 14.6. The minimum Gasteiger partial charge on any atom is -0.355 e. The van der Waals surface area contributed by atoms with E-state index in [0.29, 0.717) is 24.6 Å². The van der Waals surface area contributed by atoms with E-state index in [1.165, 1.54) is 6.07 Å². The Hall–Kier alpha value is -1.13. The maximum absolute atomic E-state index is 13.8. The molecule has 1 heterocycles. The minimum absolute atomic E-state index is 0. The van der Waals surface area contributed by atoms with Gasteiger partial charge in [-0.1, -0.05) is 32.0 Å². The molecule has 0 bridgehead atoms. The van der Waals surface area contributed by atoms with Gasteiger partial charge in [-0.15, -0.1) is 12.4 Å². The van der Waals surface area contributed by atoms with Gasteiger partial charge in [0.2, 0.25) is 5.91 Å². The summed E-state index contributed by atoms with van der Waals surface area (Å²) >= 11 is 0. The number of rotatable bonds is 5. The number of hydrogen-bond donors (Lipinski definition) is 2. The van der Waals surface area contributed by atoms with Gasteiger partial charge in [-0.05, 0) is 31.0 Å². The van der Waals surface area contributed by atoms with Crippen LogP contribution < -0.4 is 10.6 Å². The molecule has 1 aliphatic rings. The summed E-state index contributed by atoms with van der Waals surface area (Å²) in [7, 11) is 0. The highest BCUT2D eigenvalue weighted by atomic mass is 35.5. The van der Waals surface area contributed by atoms with Crippen LogP contribution in [0.3, 0.4) is 0 Å². The Labute approximate surface area is 132 Å². The average molecular weight is 315 g/mol. The molecular weight excluding hydrogens is 291 g/mol. The van der Waals surface area contributed by atoms with E-state index in [9.17, 15) is 9.18 Å². The summed E-state index contributed by atoms with van der Waals surface area (Å²) in [5, 5.41) is 6.23. The van der Waals surface area contributed by atoms with Crippen LogP contribution in [-0.2, 0) is 10.2 Å². The molecular formula is C16H24ClFN2O. The molecule has 21 heavy (non-hydrogen) atoms. The van der Waals surface area contributed by atoms with Crippen molar-refractivity contribution in [2.24, 2.45) is 0 Å². The van der Waals surface area contributed by atoms with Gasteiger partial charge in [0.05, 0.1) is 0 Å². The van der Waals surface area contributed by atoms with Gasteiger partial charge in [0.25, 0.3) is 0 Å². The smallest absolute Gasteiger partial charge is 0.221 e. The molecule has 0 spiro atoms. The third-order valence-electron chi connectivity index (χ3n) is 3.92. The molecule has 1 aliphatic heterocycles. The van der Waals surface area contributed by atoms with Gasteiger partial charge in [-0.25, -0.2) is 4.39 Å². The zero-order valence-corrected chi connectivity index (χ0v) is 13.4. The fraction of sp³-hybridized carbons (Fsp3) is 0.562. The van der Waals surface area contributed by atoms with Crippen molar-refractivity contribution in [3.8, 4) is 0 Å². The molecule has 2 N–H and O–H groups in total. The molecule has 3 nitrogen and oxygen atoms in total. The summed E-state index contributed by atoms with van der Waals surface area (Å²) in [5.41, 5.74) is 0.226. The highest BCUT2D eigenvalue weighted by Crippen LogP contribution is 2.24. The van der Waals surface area contributed by atoms with Crippen LogP contribution in [0.1, 0.15) is 38.7 Å². The predicted molar refractivity (Wildman–Crippen MR) is 85.3 cm³/mol. The summed E-state index contributed by atoms with van der Waals surface area (Å²) in [5.74, 6) is -0.182. The van der Waals surface area contributed by atoms with E-state index in [1.807, 2.05) is 19.9 Å². The maximum Gasteiger partial charge on any atom is 0.221 e. The number of benzene rings is 1. The molecule has 1 aromatic carbocycles. The van der Waals surface area contributed by atoms with Crippen molar-refractivity contribution >= 4 is 18.3 Å². The Bertz CT molecular complexity index is 473. The minimum atomic E-state index is -0.413. The van der Waals surface area contributed by atoms with E-state index in [-0.39, 0.29) is 24.1 Å². The molecule has 0 aromatic heterocycles. The van der Waals surface area contributed by atoms with Crippen molar-refractivity contribution in [1.82, 2.24) is 10.6 Å². The van der Waals surface area contributed by atoms with Gasteiger partial charge in [0.1, 0.15) is 5.82 Å². The second kappa shape index (κ2) is 7.76. The van der Waals surface area contributed by atoms with Crippen molar-refractivity contribution in [1.29, 1.82) is 0 Å². The van der Waals surface area contributed by atoms with Gasteiger partial charge in [-0.3, -0.25) is 4.79 Å². The van der Waals surface area contributed by atoms with E-state index in [0.717, 1.165) is 19.4 Å². The lowest BCUT2D eigenvalue weighted by molar-refractivity contribution is -0.121. The Kier molecular flexibility index (Phi) is 6.62. The molecule has 1 aromatic rings. The number of halogens is 2. The molecule has 1 unspecified atom stereocenters. The van der Waals surface area contributed by atoms with Crippen LogP contribution in [0.5, 0.6) is 0 Å². The van der Waals surface area contributed by atoms with Gasteiger partial charge in [0, 0.05) is 24.4 Å². The second-order valence-corrected chi connectivity index (χ2v) is 6.14. The first-order chi connectivity index (χ1) is 9.49. The predicted octanol–water partition coefficient (Wildman–Crippen LogP) is 2.78. The molecule has 1 saturated heterocycles. The molecule has 118 valence electrons. The van der Waals surface area contributed by atoms with Crippen molar-refractivity contribution in [3.05, 3.63) is 35.6 Å². The van der Waals surface area contributed by atoms with E-state index in [2.05, 4.69) is 10.6 Å². The van der Waals surface area contributed by atoms with Crippen LogP contribution >= 0.6 is 12.4 Å². The van der Waals surface area contributed by atoms with Gasteiger partial charge in [-0.2, -0.15) is 0 Å². The van der Waals surface area contributed by atoms with Crippen molar-refractivity contribution in [2.75, 3.05) is 13.1 Å². The highest BCUT2D eigenvalue weighted by molar-refractivity contribution is 5.85. The molecule has 1 atom stereocenters. The Morgan fingerprint density at radius 2 is 2.14 bits per heavy atom. The molecule has 1 fully saturated rings. The highest BCUT2D eigenvalue weighted by Gasteiger charge is 2.25. The molecule has 5 heteroatoms. The Balaban J connectivity index is 0.00000220. The lowest BCUT2D eigenvalue weighted by atomic mass is 9.84. The standard InChI is InChI=1S/C16H23FN2O.ClH/c1-16(2,13-7-3-4-8-14(13)17)11-19-15(20)10-12-6-5-9-18-12;/h3-4,7-8,12,18H,5-6,9-11H2,1-2H3,(H,19,20);1H. The second-order valence-electron chi connectivity index (χ2n) is 6.14. The number of amides is 1. The summed E-state index contributed by atoms with van der Waals surface area (Å²) in [4.78, 5) is 11.9. The number of hydrogen-bond acceptors (Lipinski definition) is 2. The molecule has 0 saturated carbocycles. The number of carbonyl (C=O) groups excluding carboxylic acids is 1. The number of nitrogens with one attached hydrogen (secondary N) is 2. The monoisotopic (exact) mass is 314 g/mol. The van der Waals surface area contributed by atoms with Gasteiger partial charge < -0.3 is 10.6 Å². The van der Waals surface area contributed by atoms with Crippen molar-refractivity contribution in [3.63, 3.8) is 0 Å². The lowest BCUT2D eigenvalue weighted by Gasteiger charge is -2.26. The summed E-state index contributed by atoms with van der Waals surface area (Å²) in [6.45, 7) is 5.33. The molecule has 0 aliphatic carbocycles. The van der Waals surface area contributed by atoms with Gasteiger partial charge >= 0.3 is 0 Å². The third kappa shape index (κ3) is 4.97. The fourth-order valence-corrected chi connectivity index (χ4v) is 2.65. The van der Waals surface area contributed by atoms with Crippen LogP contribution in [0.4, 0.5) is 4.39 Å². The molecule has 2 rings (SSSR count). The average Bonchev–Trinajstić information content (AvgIpc) is 2.90. The molecule has 0 radical (unpaired) electrons. The third-order valence-corrected chi connectivity index (χ3v) is 3.92. The maximum atomic E-state index is 13.8. The van der Waals surface area contributed by atoms with Crippen LogP contribution in [0.2, 0.25) is 0 Å². The largest absolute Gasteiger partial charge is 0.355 e. The van der Waals surface area contributed by atoms with Crippen LogP contribution in [0, 0.1) is 5.82 Å². The molecule has 1 amide bonds. The normalized spacial score (nSPS) is 18.1. The Morgan fingerprint density at radius 1 is 1.43 bits per heavy atom. The summed E-state index contributed by atoms with van der Waals surface area (Å²) in [6, 6.07) is 7.04. The lowest BCUT2D eigenvalue weighted by Crippen LogP contribution is -2.39. The quantitative estimate of drug-likeness (QED) is 0.877. The van der Waals surface area contributed by atoms with E-state index in [4.69, 9.17) is 0 Å². The van der Waals surface area contributed by atoms with Crippen LogP contribution in [0.25, 0.3) is 0 Å². The van der Waals surface area contributed by atoms with Crippen LogP contribution in [-0.4, -0.2) is 25.0 Å². The van der Waals surface area contributed by atoms with Gasteiger partial charge in [0.15, 0.2) is 0 Å². The summed E-state index contributed by atoms with van der Waals surface area (Å²) in [6.07, 6.45) is 2.70. The first-order valence-electron chi connectivity index (χ1n) is 7.24. The van der Waals surface area contributed by atoms with Crippen LogP contribution in [0.15, 0.2) is 24.3 Å².